The Kier molecular flexibility index (Phi) is 9.22. The summed E-state index contributed by atoms with van der Waals surface area (Å²) in [7, 11) is 1.54. The molecule has 1 saturated heterocycles. The minimum absolute atomic E-state index is 0.126. The summed E-state index contributed by atoms with van der Waals surface area (Å²) >= 11 is 0. The number of methoxy groups -OCH3 is 1. The quantitative estimate of drug-likeness (QED) is 0.306. The number of hydrogen-bond acceptors (Lipinski definition) is 8. The minimum Gasteiger partial charge on any atom is -0.497 e. The Morgan fingerprint density at radius 1 is 1.02 bits per heavy atom. The molecule has 1 aromatic heterocycles. The van der Waals surface area contributed by atoms with Crippen LogP contribution in [0, 0.1) is 35.0 Å². The van der Waals surface area contributed by atoms with Crippen molar-refractivity contribution in [3.05, 3.63) is 23.9 Å². The van der Waals surface area contributed by atoms with Crippen molar-refractivity contribution >= 4 is 29.2 Å². The fraction of sp³-hybridized carbons (Fsp3) is 0.686. The third-order valence-corrected chi connectivity index (χ3v) is 10.9. The normalized spacial score (nSPS) is 32.4. The predicted molar refractivity (Wildman–Crippen MR) is 165 cm³/mol. The van der Waals surface area contributed by atoms with Crippen LogP contribution >= 0.6 is 0 Å². The van der Waals surface area contributed by atoms with Crippen molar-refractivity contribution in [2.75, 3.05) is 13.7 Å². The summed E-state index contributed by atoms with van der Waals surface area (Å²) in [6.45, 7) is 5.27. The molecule has 1 amide bonds. The Bertz CT molecular complexity index is 1460. The van der Waals surface area contributed by atoms with Crippen molar-refractivity contribution in [2.24, 2.45) is 35.0 Å². The van der Waals surface area contributed by atoms with Crippen molar-refractivity contribution in [3.63, 3.8) is 0 Å². The van der Waals surface area contributed by atoms with Gasteiger partial charge in [-0.05, 0) is 73.8 Å². The molecule has 4 aliphatic rings. The van der Waals surface area contributed by atoms with Gasteiger partial charge in [0.1, 0.15) is 29.9 Å². The molecule has 46 heavy (non-hydrogen) atoms. The maximum absolute atomic E-state index is 14.7. The maximum atomic E-state index is 14.7. The van der Waals surface area contributed by atoms with Crippen LogP contribution in [0.5, 0.6) is 11.6 Å². The standard InChI is InChI=1S/C35H45F2N3O6/c1-35(2,3)23-16-29(42)46-31-20-11-10-19(14-20)22(31)8-6-5-7-9-25-33(39-26-15-21(44-4)12-13-24(26)38-25)45-28-17-40(34(23)43)27(18-41)30(28)32(36)37/h12-13,15,18-20,22-23,27-28,30-32H,5-11,14,16-17H2,1-4H3/t19-,20+,22-,23-,27-,28+,30+,31-/m1/s1. The topological polar surface area (TPSA) is 108 Å². The Hall–Kier alpha value is -3.37. The second-order valence-corrected chi connectivity index (χ2v) is 14.7. The third-order valence-electron chi connectivity index (χ3n) is 10.9. The highest BCUT2D eigenvalue weighted by Gasteiger charge is 2.53. The molecular weight excluding hydrogens is 596 g/mol. The fourth-order valence-corrected chi connectivity index (χ4v) is 8.40. The van der Waals surface area contributed by atoms with E-state index < -0.39 is 47.7 Å². The van der Waals surface area contributed by atoms with Crippen molar-refractivity contribution in [1.29, 1.82) is 0 Å². The first kappa shape index (κ1) is 32.6. The SMILES string of the molecule is COc1ccc2nc3c(nc2c1)O[C@H]1CN(C(=O)[C@H](C(C)(C)C)CC(=O)O[C@@H]2[C@H]4CC[C@H](C4)[C@H]2CCCCC3)[C@H](C=O)[C@@H]1C(F)F. The second-order valence-electron chi connectivity index (χ2n) is 14.7. The number of aromatic nitrogens is 2. The highest BCUT2D eigenvalue weighted by molar-refractivity contribution is 5.87. The van der Waals surface area contributed by atoms with E-state index in [0.29, 0.717) is 52.9 Å². The van der Waals surface area contributed by atoms with E-state index in [1.807, 2.05) is 20.8 Å². The van der Waals surface area contributed by atoms with Gasteiger partial charge in [0.2, 0.25) is 18.2 Å². The molecule has 0 unspecified atom stereocenters. The first-order valence-electron chi connectivity index (χ1n) is 16.7. The van der Waals surface area contributed by atoms with Crippen LogP contribution in [0.25, 0.3) is 11.0 Å². The molecular formula is C35H45F2N3O6. The Morgan fingerprint density at radius 2 is 1.80 bits per heavy atom. The average molecular weight is 642 g/mol. The number of nitrogens with zero attached hydrogens (tertiary/aromatic N) is 3. The van der Waals surface area contributed by atoms with E-state index in [4.69, 9.17) is 24.2 Å². The molecule has 2 aliphatic carbocycles. The lowest BCUT2D eigenvalue weighted by Crippen LogP contribution is -2.47. The van der Waals surface area contributed by atoms with Crippen LogP contribution in [0.15, 0.2) is 18.2 Å². The number of esters is 1. The smallest absolute Gasteiger partial charge is 0.306 e. The zero-order chi connectivity index (χ0) is 32.7. The van der Waals surface area contributed by atoms with E-state index in [9.17, 15) is 23.2 Å². The monoisotopic (exact) mass is 641 g/mol. The number of benzene rings is 1. The Morgan fingerprint density at radius 3 is 2.52 bits per heavy atom. The van der Waals surface area contributed by atoms with Gasteiger partial charge in [-0.25, -0.2) is 18.7 Å². The summed E-state index contributed by atoms with van der Waals surface area (Å²) in [5, 5.41) is 0. The number of aldehydes is 1. The summed E-state index contributed by atoms with van der Waals surface area (Å²) in [4.78, 5) is 50.8. The van der Waals surface area contributed by atoms with Crippen LogP contribution in [0.3, 0.4) is 0 Å². The number of amides is 1. The Balaban J connectivity index is 1.38. The van der Waals surface area contributed by atoms with E-state index in [1.54, 1.807) is 25.3 Å². The number of hydrogen-bond donors (Lipinski definition) is 0. The van der Waals surface area contributed by atoms with Gasteiger partial charge >= 0.3 is 5.97 Å². The van der Waals surface area contributed by atoms with Crippen molar-refractivity contribution in [1.82, 2.24) is 14.9 Å². The van der Waals surface area contributed by atoms with Gasteiger partial charge in [-0.1, -0.05) is 33.6 Å². The van der Waals surface area contributed by atoms with Gasteiger partial charge in [0.15, 0.2) is 0 Å². The molecule has 2 saturated carbocycles. The molecule has 0 radical (unpaired) electrons. The molecule has 250 valence electrons. The second kappa shape index (κ2) is 13.0. The van der Waals surface area contributed by atoms with Crippen LogP contribution in [0.2, 0.25) is 0 Å². The lowest BCUT2D eigenvalue weighted by Gasteiger charge is -2.35. The summed E-state index contributed by atoms with van der Waals surface area (Å²) < 4.78 is 47.2. The highest BCUT2D eigenvalue weighted by Crippen LogP contribution is 2.52. The number of rotatable bonds is 3. The highest BCUT2D eigenvalue weighted by atomic mass is 19.3. The van der Waals surface area contributed by atoms with E-state index in [1.165, 1.54) is 4.90 Å². The minimum atomic E-state index is -2.95. The van der Waals surface area contributed by atoms with Crippen molar-refractivity contribution < 1.29 is 37.4 Å². The third kappa shape index (κ3) is 6.30. The van der Waals surface area contributed by atoms with Gasteiger partial charge in [0, 0.05) is 6.07 Å². The summed E-state index contributed by atoms with van der Waals surface area (Å²) in [5.74, 6) is -1.56. The lowest BCUT2D eigenvalue weighted by molar-refractivity contribution is -0.161. The van der Waals surface area contributed by atoms with Gasteiger partial charge in [-0.2, -0.15) is 0 Å². The Labute approximate surface area is 268 Å². The molecule has 3 fully saturated rings. The summed E-state index contributed by atoms with van der Waals surface area (Å²) in [5.41, 5.74) is 0.969. The van der Waals surface area contributed by atoms with Crippen molar-refractivity contribution in [2.45, 2.75) is 103 Å². The van der Waals surface area contributed by atoms with Crippen LogP contribution in [0.1, 0.15) is 77.8 Å². The molecule has 8 atom stereocenters. The number of fused-ring (bicyclic) bond motifs is 9. The molecule has 4 bridgehead atoms. The van der Waals surface area contributed by atoms with E-state index in [2.05, 4.69) is 0 Å². The van der Waals surface area contributed by atoms with Crippen LogP contribution < -0.4 is 9.47 Å². The number of halogens is 2. The molecule has 2 aliphatic heterocycles. The van der Waals surface area contributed by atoms with Gasteiger partial charge in [0.25, 0.3) is 0 Å². The molecule has 6 rings (SSSR count). The van der Waals surface area contributed by atoms with E-state index in [-0.39, 0.29) is 24.9 Å². The van der Waals surface area contributed by atoms with Crippen LogP contribution in [-0.4, -0.2) is 71.4 Å². The van der Waals surface area contributed by atoms with Gasteiger partial charge < -0.3 is 23.9 Å². The fourth-order valence-electron chi connectivity index (χ4n) is 8.40. The largest absolute Gasteiger partial charge is 0.497 e. The number of carbonyl (C=O) groups is 3. The molecule has 3 heterocycles. The summed E-state index contributed by atoms with van der Waals surface area (Å²) in [6.07, 6.45) is 3.31. The predicted octanol–water partition coefficient (Wildman–Crippen LogP) is 5.80. The maximum Gasteiger partial charge on any atom is 0.306 e. The lowest BCUT2D eigenvalue weighted by atomic mass is 9.77. The van der Waals surface area contributed by atoms with Crippen LogP contribution in [-0.2, 0) is 25.5 Å². The molecule has 0 N–H and O–H groups in total. The number of ether oxygens (including phenoxy) is 3. The molecule has 1 aromatic carbocycles. The van der Waals surface area contributed by atoms with Gasteiger partial charge in [-0.3, -0.25) is 9.59 Å². The molecule has 0 spiro atoms. The number of carbonyl (C=O) groups excluding carboxylic acids is 3. The number of alkyl halides is 2. The van der Waals surface area contributed by atoms with Gasteiger partial charge in [0.05, 0.1) is 49.0 Å². The molecule has 9 nitrogen and oxygen atoms in total. The number of aryl methyl sites for hydroxylation is 1. The van der Waals surface area contributed by atoms with Gasteiger partial charge in [-0.15, -0.1) is 0 Å². The van der Waals surface area contributed by atoms with E-state index in [0.717, 1.165) is 44.9 Å². The van der Waals surface area contributed by atoms with E-state index >= 15 is 0 Å². The average Bonchev–Trinajstić information content (AvgIpc) is 3.72. The molecule has 11 heteroatoms. The zero-order valence-corrected chi connectivity index (χ0v) is 27.1. The van der Waals surface area contributed by atoms with Crippen molar-refractivity contribution in [3.8, 4) is 11.6 Å². The zero-order valence-electron chi connectivity index (χ0n) is 27.1. The first-order chi connectivity index (χ1) is 22.0. The summed E-state index contributed by atoms with van der Waals surface area (Å²) in [6, 6.07) is 3.88. The first-order valence-corrected chi connectivity index (χ1v) is 16.7. The van der Waals surface area contributed by atoms with Crippen LogP contribution in [0.4, 0.5) is 8.78 Å². The molecule has 2 aromatic rings.